The summed E-state index contributed by atoms with van der Waals surface area (Å²) in [6, 6.07) is 1.58. The molecular formula is C14H21N5O2S. The summed E-state index contributed by atoms with van der Waals surface area (Å²) in [5.74, 6) is 0.289. The van der Waals surface area contributed by atoms with Crippen LogP contribution in [0.3, 0.4) is 0 Å². The van der Waals surface area contributed by atoms with Crippen LogP contribution in [-0.2, 0) is 17.1 Å². The van der Waals surface area contributed by atoms with Crippen LogP contribution in [0.25, 0.3) is 11.0 Å². The first-order valence-corrected chi connectivity index (χ1v) is 8.76. The van der Waals surface area contributed by atoms with Crippen LogP contribution < -0.4 is 4.72 Å². The van der Waals surface area contributed by atoms with E-state index in [0.717, 1.165) is 24.2 Å². The van der Waals surface area contributed by atoms with Crippen LogP contribution in [0.5, 0.6) is 0 Å². The third-order valence-electron chi connectivity index (χ3n) is 4.25. The van der Waals surface area contributed by atoms with Gasteiger partial charge in [0.2, 0.25) is 10.0 Å². The van der Waals surface area contributed by atoms with E-state index in [4.69, 9.17) is 0 Å². The predicted octanol–water partition coefficient (Wildman–Crippen LogP) is 0.505. The predicted molar refractivity (Wildman–Crippen MR) is 84.0 cm³/mol. The molecule has 0 amide bonds. The normalized spacial score (nSPS) is 23.5. The Kier molecular flexibility index (Phi) is 3.70. The zero-order valence-corrected chi connectivity index (χ0v) is 14.1. The third-order valence-corrected chi connectivity index (χ3v) is 5.71. The highest BCUT2D eigenvalue weighted by Gasteiger charge is 2.31. The first-order valence-electron chi connectivity index (χ1n) is 7.28. The van der Waals surface area contributed by atoms with Gasteiger partial charge in [0.1, 0.15) is 4.90 Å². The van der Waals surface area contributed by atoms with E-state index < -0.39 is 10.0 Å². The van der Waals surface area contributed by atoms with Gasteiger partial charge in [0, 0.05) is 37.8 Å². The Bertz CT molecular complexity index is 814. The summed E-state index contributed by atoms with van der Waals surface area (Å²) in [6.45, 7) is 5.53. The third kappa shape index (κ3) is 2.62. The van der Waals surface area contributed by atoms with Crippen LogP contribution in [0.2, 0.25) is 0 Å². The first-order chi connectivity index (χ1) is 10.3. The molecular weight excluding hydrogens is 302 g/mol. The zero-order valence-electron chi connectivity index (χ0n) is 13.2. The number of sulfonamides is 1. The molecule has 3 rings (SSSR count). The Labute approximate surface area is 130 Å². The van der Waals surface area contributed by atoms with Gasteiger partial charge in [-0.05, 0) is 26.0 Å². The van der Waals surface area contributed by atoms with Crippen LogP contribution >= 0.6 is 0 Å². The smallest absolute Gasteiger partial charge is 0.242 e. The van der Waals surface area contributed by atoms with Crippen LogP contribution in [0.15, 0.2) is 17.2 Å². The van der Waals surface area contributed by atoms with Crippen molar-refractivity contribution in [1.82, 2.24) is 24.4 Å². The van der Waals surface area contributed by atoms with Crippen molar-refractivity contribution in [3.05, 3.63) is 18.0 Å². The number of aromatic nitrogens is 3. The summed E-state index contributed by atoms with van der Waals surface area (Å²) in [5, 5.41) is 5.04. The molecule has 1 saturated heterocycles. The fourth-order valence-electron chi connectivity index (χ4n) is 3.07. The van der Waals surface area contributed by atoms with E-state index in [1.165, 1.54) is 6.20 Å². The number of aryl methyl sites for hydroxylation is 2. The Hall–Kier alpha value is -1.51. The molecule has 1 fully saturated rings. The molecule has 0 bridgehead atoms. The monoisotopic (exact) mass is 323 g/mol. The molecule has 0 aliphatic carbocycles. The lowest BCUT2D eigenvalue weighted by atomic mass is 10.1. The number of likely N-dealkylation sites (N-methyl/N-ethyl adjacent to an activating group) is 1. The maximum atomic E-state index is 12.6. The SMILES string of the molecule is Cc1nn(C)c2ncc(S(=O)(=O)N[C@H]3CN(C)C[C@H]3C)cc12. The van der Waals surface area contributed by atoms with Crippen molar-refractivity contribution in [2.75, 3.05) is 20.1 Å². The number of rotatable bonds is 3. The number of hydrogen-bond acceptors (Lipinski definition) is 5. The van der Waals surface area contributed by atoms with Crippen molar-refractivity contribution in [2.24, 2.45) is 13.0 Å². The van der Waals surface area contributed by atoms with Gasteiger partial charge in [-0.1, -0.05) is 6.92 Å². The van der Waals surface area contributed by atoms with E-state index in [-0.39, 0.29) is 16.9 Å². The fraction of sp³-hybridized carbons (Fsp3) is 0.571. The maximum Gasteiger partial charge on any atom is 0.242 e. The first kappa shape index (κ1) is 15.4. The molecule has 120 valence electrons. The molecule has 8 heteroatoms. The molecule has 2 atom stereocenters. The minimum atomic E-state index is -3.58. The quantitative estimate of drug-likeness (QED) is 0.890. The number of hydrogen-bond donors (Lipinski definition) is 1. The number of nitrogens with zero attached hydrogens (tertiary/aromatic N) is 4. The van der Waals surface area contributed by atoms with Crippen molar-refractivity contribution in [3.8, 4) is 0 Å². The van der Waals surface area contributed by atoms with Gasteiger partial charge in [-0.15, -0.1) is 0 Å². The van der Waals surface area contributed by atoms with Gasteiger partial charge in [0.25, 0.3) is 0 Å². The number of fused-ring (bicyclic) bond motifs is 1. The Morgan fingerprint density at radius 3 is 2.68 bits per heavy atom. The van der Waals surface area contributed by atoms with Crippen molar-refractivity contribution in [3.63, 3.8) is 0 Å². The zero-order chi connectivity index (χ0) is 16.1. The Balaban J connectivity index is 1.93. The molecule has 7 nitrogen and oxygen atoms in total. The minimum absolute atomic E-state index is 0.0688. The maximum absolute atomic E-state index is 12.6. The second kappa shape index (κ2) is 5.29. The number of pyridine rings is 1. The molecule has 3 heterocycles. The van der Waals surface area contributed by atoms with E-state index in [9.17, 15) is 8.42 Å². The van der Waals surface area contributed by atoms with E-state index in [1.807, 2.05) is 14.0 Å². The molecule has 0 radical (unpaired) electrons. The molecule has 0 spiro atoms. The fourth-order valence-corrected chi connectivity index (χ4v) is 4.37. The van der Waals surface area contributed by atoms with Gasteiger partial charge in [-0.25, -0.2) is 18.1 Å². The molecule has 1 aliphatic rings. The molecule has 2 aromatic rings. The molecule has 1 aliphatic heterocycles. The van der Waals surface area contributed by atoms with Gasteiger partial charge < -0.3 is 4.90 Å². The van der Waals surface area contributed by atoms with E-state index in [1.54, 1.807) is 17.8 Å². The highest BCUT2D eigenvalue weighted by molar-refractivity contribution is 7.89. The second-order valence-electron chi connectivity index (χ2n) is 6.18. The molecule has 0 unspecified atom stereocenters. The van der Waals surface area contributed by atoms with Gasteiger partial charge >= 0.3 is 0 Å². The highest BCUT2D eigenvalue weighted by atomic mass is 32.2. The number of nitrogens with one attached hydrogen (secondary N) is 1. The lowest BCUT2D eigenvalue weighted by Gasteiger charge is -2.16. The van der Waals surface area contributed by atoms with Crippen molar-refractivity contribution in [2.45, 2.75) is 24.8 Å². The minimum Gasteiger partial charge on any atom is -0.304 e. The lowest BCUT2D eigenvalue weighted by Crippen LogP contribution is -2.39. The van der Waals surface area contributed by atoms with Gasteiger partial charge in [-0.3, -0.25) is 4.68 Å². The largest absolute Gasteiger partial charge is 0.304 e. The topological polar surface area (TPSA) is 80.1 Å². The molecule has 1 N–H and O–H groups in total. The van der Waals surface area contributed by atoms with E-state index in [2.05, 4.69) is 26.6 Å². The summed E-state index contributed by atoms with van der Waals surface area (Å²) in [6.07, 6.45) is 1.40. The summed E-state index contributed by atoms with van der Waals surface area (Å²) in [7, 11) is 0.219. The van der Waals surface area contributed by atoms with Crippen molar-refractivity contribution >= 4 is 21.1 Å². The van der Waals surface area contributed by atoms with Crippen molar-refractivity contribution < 1.29 is 8.42 Å². The second-order valence-corrected chi connectivity index (χ2v) is 7.89. The van der Waals surface area contributed by atoms with E-state index in [0.29, 0.717) is 5.65 Å². The number of likely N-dealkylation sites (tertiary alicyclic amines) is 1. The highest BCUT2D eigenvalue weighted by Crippen LogP contribution is 2.21. The van der Waals surface area contributed by atoms with Crippen LogP contribution in [-0.4, -0.2) is 54.3 Å². The Morgan fingerprint density at radius 2 is 2.05 bits per heavy atom. The van der Waals surface area contributed by atoms with Gasteiger partial charge in [0.05, 0.1) is 5.69 Å². The van der Waals surface area contributed by atoms with E-state index >= 15 is 0 Å². The summed E-state index contributed by atoms with van der Waals surface area (Å²) < 4.78 is 29.7. The van der Waals surface area contributed by atoms with Gasteiger partial charge in [-0.2, -0.15) is 5.10 Å². The van der Waals surface area contributed by atoms with Gasteiger partial charge in [0.15, 0.2) is 5.65 Å². The summed E-state index contributed by atoms with van der Waals surface area (Å²) in [5.41, 5.74) is 1.46. The molecule has 2 aromatic heterocycles. The average molecular weight is 323 g/mol. The molecule has 0 aromatic carbocycles. The summed E-state index contributed by atoms with van der Waals surface area (Å²) in [4.78, 5) is 6.57. The van der Waals surface area contributed by atoms with Crippen LogP contribution in [0, 0.1) is 12.8 Å². The van der Waals surface area contributed by atoms with Crippen molar-refractivity contribution in [1.29, 1.82) is 0 Å². The molecule has 22 heavy (non-hydrogen) atoms. The lowest BCUT2D eigenvalue weighted by molar-refractivity contribution is 0.400. The Morgan fingerprint density at radius 1 is 1.32 bits per heavy atom. The van der Waals surface area contributed by atoms with Crippen LogP contribution in [0.1, 0.15) is 12.6 Å². The molecule has 0 saturated carbocycles. The summed E-state index contributed by atoms with van der Waals surface area (Å²) >= 11 is 0. The average Bonchev–Trinajstić information content (AvgIpc) is 2.89. The van der Waals surface area contributed by atoms with Crippen LogP contribution in [0.4, 0.5) is 0 Å². The standard InChI is InChI=1S/C14H21N5O2S/c1-9-7-18(3)8-13(9)17-22(20,21)11-5-12-10(2)16-19(4)14(12)15-6-11/h5-6,9,13,17H,7-8H2,1-4H3/t9-,13+/m1/s1.